The van der Waals surface area contributed by atoms with Crippen molar-refractivity contribution in [3.63, 3.8) is 0 Å². The quantitative estimate of drug-likeness (QED) is 0.882. The molecule has 0 atom stereocenters. The van der Waals surface area contributed by atoms with Crippen molar-refractivity contribution in [1.82, 2.24) is 15.6 Å². The van der Waals surface area contributed by atoms with Crippen molar-refractivity contribution >= 4 is 41.6 Å². The summed E-state index contributed by atoms with van der Waals surface area (Å²) in [5.41, 5.74) is 2.39. The number of benzene rings is 1. The second kappa shape index (κ2) is 8.32. The van der Waals surface area contributed by atoms with Crippen molar-refractivity contribution in [2.75, 3.05) is 13.1 Å². The summed E-state index contributed by atoms with van der Waals surface area (Å²) >= 11 is 0. The van der Waals surface area contributed by atoms with Gasteiger partial charge in [-0.1, -0.05) is 18.2 Å². The van der Waals surface area contributed by atoms with E-state index >= 15 is 0 Å². The predicted octanol–water partition coefficient (Wildman–Crippen LogP) is 2.87. The first-order valence-electron chi connectivity index (χ1n) is 7.12. The number of carbonyl (C=O) groups excluding carboxylic acids is 1. The smallest absolute Gasteiger partial charge is 0.253 e. The van der Waals surface area contributed by atoms with E-state index in [1.54, 1.807) is 0 Å². The molecule has 6 heteroatoms. The van der Waals surface area contributed by atoms with Crippen molar-refractivity contribution in [2.45, 2.75) is 25.8 Å². The van der Waals surface area contributed by atoms with Gasteiger partial charge < -0.3 is 10.6 Å². The predicted molar refractivity (Wildman–Crippen MR) is 94.3 cm³/mol. The lowest BCUT2D eigenvalue weighted by Gasteiger charge is -2.23. The van der Waals surface area contributed by atoms with Crippen LogP contribution in [0.2, 0.25) is 0 Å². The fourth-order valence-corrected chi connectivity index (χ4v) is 2.66. The molecule has 2 aromatic rings. The molecule has 0 aliphatic carbocycles. The number of carbonyl (C=O) groups is 1. The number of piperidine rings is 1. The summed E-state index contributed by atoms with van der Waals surface area (Å²) in [5.74, 6) is -0.0133. The molecule has 2 N–H and O–H groups in total. The molecule has 0 bridgehead atoms. The van der Waals surface area contributed by atoms with E-state index in [1.807, 2.05) is 37.3 Å². The third-order valence-electron chi connectivity index (χ3n) is 3.78. The van der Waals surface area contributed by atoms with Gasteiger partial charge in [-0.2, -0.15) is 0 Å². The van der Waals surface area contributed by atoms with Gasteiger partial charge in [0.05, 0.1) is 11.1 Å². The van der Waals surface area contributed by atoms with Gasteiger partial charge in [0.1, 0.15) is 0 Å². The Morgan fingerprint density at radius 3 is 2.64 bits per heavy atom. The summed E-state index contributed by atoms with van der Waals surface area (Å²) < 4.78 is 0. The molecular weight excluding hydrogens is 321 g/mol. The minimum absolute atomic E-state index is 0. The van der Waals surface area contributed by atoms with Crippen molar-refractivity contribution in [3.8, 4) is 0 Å². The maximum Gasteiger partial charge on any atom is 0.253 e. The number of halogens is 2. The Kier molecular flexibility index (Phi) is 7.07. The van der Waals surface area contributed by atoms with Crippen LogP contribution in [0.4, 0.5) is 0 Å². The lowest BCUT2D eigenvalue weighted by molar-refractivity contribution is 0.0931. The Bertz CT molecular complexity index is 642. The van der Waals surface area contributed by atoms with Crippen LogP contribution in [0.15, 0.2) is 30.3 Å². The molecule has 3 rings (SSSR count). The standard InChI is InChI=1S/C16H19N3O.2ClH/c1-11-5-6-12-3-2-4-14(15(12)18-11)16(20)19-13-7-9-17-10-8-13;;/h2-6,13,17H,7-10H2,1H3,(H,19,20);2*1H. The monoisotopic (exact) mass is 341 g/mol. The molecule has 1 aliphatic heterocycles. The second-order valence-electron chi connectivity index (χ2n) is 5.33. The number of amides is 1. The van der Waals surface area contributed by atoms with Gasteiger partial charge in [0.2, 0.25) is 0 Å². The first-order chi connectivity index (χ1) is 9.74. The summed E-state index contributed by atoms with van der Waals surface area (Å²) in [6.45, 7) is 3.89. The Morgan fingerprint density at radius 1 is 1.18 bits per heavy atom. The highest BCUT2D eigenvalue weighted by Gasteiger charge is 2.18. The number of rotatable bonds is 2. The molecule has 0 unspecified atom stereocenters. The molecule has 4 nitrogen and oxygen atoms in total. The molecule has 0 saturated carbocycles. The van der Waals surface area contributed by atoms with E-state index in [4.69, 9.17) is 0 Å². The number of hydrogen-bond acceptors (Lipinski definition) is 3. The Balaban J connectivity index is 0.00000121. The highest BCUT2D eigenvalue weighted by Crippen LogP contribution is 2.17. The molecule has 1 aliphatic rings. The van der Waals surface area contributed by atoms with Gasteiger partial charge in [-0.3, -0.25) is 9.78 Å². The highest BCUT2D eigenvalue weighted by molar-refractivity contribution is 6.05. The summed E-state index contributed by atoms with van der Waals surface area (Å²) in [6.07, 6.45) is 1.98. The van der Waals surface area contributed by atoms with Crippen LogP contribution < -0.4 is 10.6 Å². The van der Waals surface area contributed by atoms with Crippen LogP contribution >= 0.6 is 24.8 Å². The largest absolute Gasteiger partial charge is 0.349 e. The van der Waals surface area contributed by atoms with Crippen molar-refractivity contribution in [2.24, 2.45) is 0 Å². The molecule has 2 heterocycles. The lowest BCUT2D eigenvalue weighted by atomic mass is 10.0. The van der Waals surface area contributed by atoms with Gasteiger partial charge in [-0.25, -0.2) is 0 Å². The van der Waals surface area contributed by atoms with Gasteiger partial charge in [-0.15, -0.1) is 24.8 Å². The number of nitrogens with one attached hydrogen (secondary N) is 2. The molecule has 1 amide bonds. The molecule has 0 spiro atoms. The summed E-state index contributed by atoms with van der Waals surface area (Å²) in [4.78, 5) is 17.0. The van der Waals surface area contributed by atoms with Crippen molar-refractivity contribution in [1.29, 1.82) is 0 Å². The molecule has 1 saturated heterocycles. The van der Waals surface area contributed by atoms with Gasteiger partial charge in [0.15, 0.2) is 0 Å². The van der Waals surface area contributed by atoms with Gasteiger partial charge in [-0.05, 0) is 45.0 Å². The van der Waals surface area contributed by atoms with Crippen LogP contribution in [0.5, 0.6) is 0 Å². The second-order valence-corrected chi connectivity index (χ2v) is 5.33. The maximum atomic E-state index is 12.5. The molecule has 1 aromatic heterocycles. The molecular formula is C16H21Cl2N3O. The topological polar surface area (TPSA) is 54.0 Å². The SMILES string of the molecule is Cc1ccc2cccc(C(=O)NC3CCNCC3)c2n1.Cl.Cl. The fourth-order valence-electron chi connectivity index (χ4n) is 2.66. The number of aryl methyl sites for hydroxylation is 1. The average molecular weight is 342 g/mol. The lowest BCUT2D eigenvalue weighted by Crippen LogP contribution is -2.42. The number of aromatic nitrogens is 1. The van der Waals surface area contributed by atoms with Crippen LogP contribution in [0.1, 0.15) is 28.9 Å². The van der Waals surface area contributed by atoms with E-state index in [2.05, 4.69) is 15.6 Å². The van der Waals surface area contributed by atoms with Crippen molar-refractivity contribution in [3.05, 3.63) is 41.6 Å². The number of fused-ring (bicyclic) bond motifs is 1. The third kappa shape index (κ3) is 4.09. The van der Waals surface area contributed by atoms with E-state index in [0.29, 0.717) is 5.56 Å². The third-order valence-corrected chi connectivity index (χ3v) is 3.78. The minimum Gasteiger partial charge on any atom is -0.349 e. The number of hydrogen-bond donors (Lipinski definition) is 2. The van der Waals surface area contributed by atoms with Crippen LogP contribution in [0.25, 0.3) is 10.9 Å². The van der Waals surface area contributed by atoms with E-state index in [-0.39, 0.29) is 36.8 Å². The summed E-state index contributed by atoms with van der Waals surface area (Å²) in [6, 6.07) is 10.0. The Hall–Kier alpha value is -1.36. The van der Waals surface area contributed by atoms with Crippen LogP contribution in [0, 0.1) is 6.92 Å². The van der Waals surface area contributed by atoms with Crippen LogP contribution in [-0.2, 0) is 0 Å². The summed E-state index contributed by atoms with van der Waals surface area (Å²) in [5, 5.41) is 7.44. The van der Waals surface area contributed by atoms with Gasteiger partial charge in [0, 0.05) is 17.1 Å². The van der Waals surface area contributed by atoms with Crippen molar-refractivity contribution < 1.29 is 4.79 Å². The highest BCUT2D eigenvalue weighted by atomic mass is 35.5. The van der Waals surface area contributed by atoms with E-state index < -0.39 is 0 Å². The zero-order chi connectivity index (χ0) is 13.9. The first-order valence-corrected chi connectivity index (χ1v) is 7.12. The van der Waals surface area contributed by atoms with Gasteiger partial charge >= 0.3 is 0 Å². The van der Waals surface area contributed by atoms with E-state index in [0.717, 1.165) is 42.5 Å². The zero-order valence-corrected chi connectivity index (χ0v) is 14.1. The maximum absolute atomic E-state index is 12.5. The fraction of sp³-hybridized carbons (Fsp3) is 0.375. The number of para-hydroxylation sites is 1. The molecule has 22 heavy (non-hydrogen) atoms. The normalized spacial score (nSPS) is 14.8. The van der Waals surface area contributed by atoms with Gasteiger partial charge in [0.25, 0.3) is 5.91 Å². The molecule has 1 aromatic carbocycles. The minimum atomic E-state index is -0.0133. The van der Waals surface area contributed by atoms with Crippen LogP contribution in [-0.4, -0.2) is 30.0 Å². The average Bonchev–Trinajstić information content (AvgIpc) is 2.47. The first kappa shape index (κ1) is 18.7. The van der Waals surface area contributed by atoms with E-state index in [1.165, 1.54) is 0 Å². The van der Waals surface area contributed by atoms with E-state index in [9.17, 15) is 4.79 Å². The Labute approximate surface area is 142 Å². The Morgan fingerprint density at radius 2 is 1.91 bits per heavy atom. The molecule has 1 fully saturated rings. The number of pyridine rings is 1. The zero-order valence-electron chi connectivity index (χ0n) is 12.5. The summed E-state index contributed by atoms with van der Waals surface area (Å²) in [7, 11) is 0. The molecule has 120 valence electrons. The van der Waals surface area contributed by atoms with Crippen LogP contribution in [0.3, 0.4) is 0 Å². The molecule has 0 radical (unpaired) electrons. The number of nitrogens with zero attached hydrogens (tertiary/aromatic N) is 1.